The molecule has 0 bridgehead atoms. The molecule has 1 heterocycles. The first kappa shape index (κ1) is 14.1. The molecule has 0 aliphatic carbocycles. The molecule has 0 unspecified atom stereocenters. The largest absolute Gasteiger partial charge is 0.327 e. The van der Waals surface area contributed by atoms with Crippen LogP contribution in [0.15, 0.2) is 42.5 Å². The van der Waals surface area contributed by atoms with E-state index < -0.39 is 0 Å². The third kappa shape index (κ3) is 2.93. The average molecular weight is 303 g/mol. The van der Waals surface area contributed by atoms with Gasteiger partial charge in [0.1, 0.15) is 11.6 Å². The summed E-state index contributed by atoms with van der Waals surface area (Å²) in [6.45, 7) is 2.85. The van der Waals surface area contributed by atoms with Crippen LogP contribution in [0.2, 0.25) is 0 Å². The van der Waals surface area contributed by atoms with Gasteiger partial charge in [-0.15, -0.1) is 11.6 Å². The molecule has 3 aromatic rings. The Morgan fingerprint density at radius 3 is 2.62 bits per heavy atom. The molecule has 1 aromatic heterocycles. The van der Waals surface area contributed by atoms with Crippen LogP contribution in [0.4, 0.5) is 4.39 Å². The van der Waals surface area contributed by atoms with Gasteiger partial charge in [-0.25, -0.2) is 9.37 Å². The van der Waals surface area contributed by atoms with E-state index in [9.17, 15) is 4.39 Å². The van der Waals surface area contributed by atoms with E-state index in [1.807, 2.05) is 18.2 Å². The first-order chi connectivity index (χ1) is 10.2. The molecule has 0 amide bonds. The van der Waals surface area contributed by atoms with E-state index in [0.717, 1.165) is 35.4 Å². The van der Waals surface area contributed by atoms with Crippen molar-refractivity contribution in [3.63, 3.8) is 0 Å². The fraction of sp³-hybridized carbons (Fsp3) is 0.235. The zero-order valence-corrected chi connectivity index (χ0v) is 12.6. The smallest absolute Gasteiger partial charge is 0.124 e. The van der Waals surface area contributed by atoms with Crippen LogP contribution in [0, 0.1) is 12.7 Å². The fourth-order valence-corrected chi connectivity index (χ4v) is 2.73. The maximum absolute atomic E-state index is 12.9. The zero-order chi connectivity index (χ0) is 14.8. The number of nitrogens with zero attached hydrogens (tertiary/aromatic N) is 2. The summed E-state index contributed by atoms with van der Waals surface area (Å²) in [6.07, 6.45) is 0.823. The number of hydrogen-bond acceptors (Lipinski definition) is 1. The summed E-state index contributed by atoms with van der Waals surface area (Å²) in [5, 5.41) is 0. The Hall–Kier alpha value is -1.87. The van der Waals surface area contributed by atoms with Crippen LogP contribution in [0.25, 0.3) is 11.0 Å². The molecule has 0 N–H and O–H groups in total. The summed E-state index contributed by atoms with van der Waals surface area (Å²) in [7, 11) is 0. The zero-order valence-electron chi connectivity index (χ0n) is 11.8. The Morgan fingerprint density at radius 1 is 1.14 bits per heavy atom. The lowest BCUT2D eigenvalue weighted by Crippen LogP contribution is -2.05. The lowest BCUT2D eigenvalue weighted by molar-refractivity contribution is 0.625. The van der Waals surface area contributed by atoms with Crippen molar-refractivity contribution in [1.82, 2.24) is 9.55 Å². The summed E-state index contributed by atoms with van der Waals surface area (Å²) in [6, 6.07) is 12.8. The number of rotatable bonds is 4. The lowest BCUT2D eigenvalue weighted by Gasteiger charge is -2.08. The standard InChI is InChI=1S/C17H16ClFN2/c1-12-2-7-15-16(10-12)21(17(11-18)20-15)9-8-13-3-5-14(19)6-4-13/h2-7,10H,8-9,11H2,1H3. The Morgan fingerprint density at radius 2 is 1.90 bits per heavy atom. The van der Waals surface area contributed by atoms with Gasteiger partial charge in [0, 0.05) is 6.54 Å². The van der Waals surface area contributed by atoms with Crippen LogP contribution in [-0.4, -0.2) is 9.55 Å². The van der Waals surface area contributed by atoms with E-state index in [1.165, 1.54) is 17.7 Å². The number of benzene rings is 2. The maximum Gasteiger partial charge on any atom is 0.124 e. The highest BCUT2D eigenvalue weighted by molar-refractivity contribution is 6.16. The van der Waals surface area contributed by atoms with Crippen molar-refractivity contribution >= 4 is 22.6 Å². The summed E-state index contributed by atoms with van der Waals surface area (Å²) in [4.78, 5) is 4.57. The van der Waals surface area contributed by atoms with Gasteiger partial charge in [0.25, 0.3) is 0 Å². The molecule has 0 fully saturated rings. The predicted molar refractivity (Wildman–Crippen MR) is 84.1 cm³/mol. The van der Waals surface area contributed by atoms with E-state index in [-0.39, 0.29) is 5.82 Å². The monoisotopic (exact) mass is 302 g/mol. The highest BCUT2D eigenvalue weighted by Gasteiger charge is 2.10. The van der Waals surface area contributed by atoms with Gasteiger partial charge >= 0.3 is 0 Å². The van der Waals surface area contributed by atoms with Crippen LogP contribution >= 0.6 is 11.6 Å². The van der Waals surface area contributed by atoms with Gasteiger partial charge in [0.2, 0.25) is 0 Å². The van der Waals surface area contributed by atoms with E-state index in [1.54, 1.807) is 0 Å². The van der Waals surface area contributed by atoms with Gasteiger partial charge in [0.05, 0.1) is 16.9 Å². The van der Waals surface area contributed by atoms with Gasteiger partial charge < -0.3 is 4.57 Å². The van der Waals surface area contributed by atoms with Crippen molar-refractivity contribution in [2.75, 3.05) is 0 Å². The van der Waals surface area contributed by atoms with Gasteiger partial charge in [0.15, 0.2) is 0 Å². The summed E-state index contributed by atoms with van der Waals surface area (Å²) in [5.41, 5.74) is 4.38. The number of alkyl halides is 1. The first-order valence-electron chi connectivity index (χ1n) is 6.93. The number of halogens is 2. The van der Waals surface area contributed by atoms with E-state index in [2.05, 4.69) is 28.6 Å². The van der Waals surface area contributed by atoms with Gasteiger partial charge in [-0.05, 0) is 48.7 Å². The van der Waals surface area contributed by atoms with Crippen molar-refractivity contribution in [3.8, 4) is 0 Å². The van der Waals surface area contributed by atoms with Crippen molar-refractivity contribution in [1.29, 1.82) is 0 Å². The molecule has 0 radical (unpaired) electrons. The van der Waals surface area contributed by atoms with Crippen molar-refractivity contribution < 1.29 is 4.39 Å². The molecule has 21 heavy (non-hydrogen) atoms. The molecule has 4 heteroatoms. The lowest BCUT2D eigenvalue weighted by atomic mass is 10.1. The number of hydrogen-bond donors (Lipinski definition) is 0. The van der Waals surface area contributed by atoms with Crippen LogP contribution in [0.1, 0.15) is 17.0 Å². The molecule has 2 nitrogen and oxygen atoms in total. The minimum absolute atomic E-state index is 0.205. The number of aromatic nitrogens is 2. The topological polar surface area (TPSA) is 17.8 Å². The van der Waals surface area contributed by atoms with Crippen LogP contribution in [0.5, 0.6) is 0 Å². The Kier molecular flexibility index (Phi) is 3.93. The molecule has 3 rings (SSSR count). The molecule has 0 aliphatic heterocycles. The van der Waals surface area contributed by atoms with E-state index in [0.29, 0.717) is 5.88 Å². The summed E-state index contributed by atoms with van der Waals surface area (Å²) < 4.78 is 15.1. The normalized spacial score (nSPS) is 11.2. The summed E-state index contributed by atoms with van der Waals surface area (Å²) >= 11 is 6.01. The molecular formula is C17H16ClFN2. The Labute approximate surface area is 128 Å². The minimum atomic E-state index is -0.205. The number of imidazole rings is 1. The van der Waals surface area contributed by atoms with Crippen LogP contribution in [0.3, 0.4) is 0 Å². The molecule has 108 valence electrons. The Balaban J connectivity index is 1.91. The SMILES string of the molecule is Cc1ccc2nc(CCl)n(CCc3ccc(F)cc3)c2c1. The minimum Gasteiger partial charge on any atom is -0.327 e. The van der Waals surface area contributed by atoms with E-state index in [4.69, 9.17) is 11.6 Å². The molecule has 0 spiro atoms. The van der Waals surface area contributed by atoms with Crippen molar-refractivity contribution in [2.24, 2.45) is 0 Å². The Bertz CT molecular complexity index is 762. The third-order valence-corrected chi connectivity index (χ3v) is 3.88. The fourth-order valence-electron chi connectivity index (χ4n) is 2.53. The van der Waals surface area contributed by atoms with E-state index >= 15 is 0 Å². The van der Waals surface area contributed by atoms with Gasteiger partial charge in [-0.3, -0.25) is 0 Å². The second-order valence-corrected chi connectivity index (χ2v) is 5.45. The maximum atomic E-state index is 12.9. The third-order valence-electron chi connectivity index (χ3n) is 3.64. The highest BCUT2D eigenvalue weighted by atomic mass is 35.5. The highest BCUT2D eigenvalue weighted by Crippen LogP contribution is 2.20. The molecule has 2 aromatic carbocycles. The van der Waals surface area contributed by atoms with Crippen molar-refractivity contribution in [2.45, 2.75) is 25.8 Å². The summed E-state index contributed by atoms with van der Waals surface area (Å²) in [5.74, 6) is 1.06. The predicted octanol–water partition coefficient (Wildman–Crippen LogP) is 4.47. The molecular weight excluding hydrogens is 287 g/mol. The average Bonchev–Trinajstić information content (AvgIpc) is 2.84. The molecule has 0 atom stereocenters. The van der Waals surface area contributed by atoms with Crippen LogP contribution in [-0.2, 0) is 18.8 Å². The van der Waals surface area contributed by atoms with Gasteiger partial charge in [-0.1, -0.05) is 18.2 Å². The van der Waals surface area contributed by atoms with Gasteiger partial charge in [-0.2, -0.15) is 0 Å². The molecule has 0 saturated heterocycles. The number of fused-ring (bicyclic) bond motifs is 1. The second kappa shape index (κ2) is 5.86. The number of aryl methyl sites for hydroxylation is 3. The quantitative estimate of drug-likeness (QED) is 0.650. The first-order valence-corrected chi connectivity index (χ1v) is 7.47. The molecule has 0 saturated carbocycles. The molecule has 0 aliphatic rings. The van der Waals surface area contributed by atoms with Crippen LogP contribution < -0.4 is 0 Å². The second-order valence-electron chi connectivity index (χ2n) is 5.18. The van der Waals surface area contributed by atoms with Crippen molar-refractivity contribution in [3.05, 3.63) is 65.2 Å².